The second-order valence-corrected chi connectivity index (χ2v) is 8.39. The van der Waals surface area contributed by atoms with Gasteiger partial charge in [0.1, 0.15) is 6.04 Å². The first-order valence-corrected chi connectivity index (χ1v) is 11.0. The SMILES string of the molecule is CCc1cccc(C)c1C(=O)NC(Cc1ccc(-c2c(C)n(C)c(=O)n(C)c2=O)cc1)C(=O)O. The van der Waals surface area contributed by atoms with Crippen LogP contribution in [0.1, 0.15) is 39.7 Å². The number of aryl methyl sites for hydroxylation is 2. The van der Waals surface area contributed by atoms with Gasteiger partial charge in [0, 0.05) is 31.8 Å². The van der Waals surface area contributed by atoms with Crippen molar-refractivity contribution in [1.82, 2.24) is 14.5 Å². The minimum Gasteiger partial charge on any atom is -0.480 e. The van der Waals surface area contributed by atoms with Crippen molar-refractivity contribution >= 4 is 11.9 Å². The summed E-state index contributed by atoms with van der Waals surface area (Å²) in [6.07, 6.45) is 0.743. The number of hydrogen-bond acceptors (Lipinski definition) is 4. The second-order valence-electron chi connectivity index (χ2n) is 8.39. The van der Waals surface area contributed by atoms with Crippen molar-refractivity contribution in [2.24, 2.45) is 14.1 Å². The Balaban J connectivity index is 1.87. The van der Waals surface area contributed by atoms with Crippen molar-refractivity contribution in [1.29, 1.82) is 0 Å². The van der Waals surface area contributed by atoms with Gasteiger partial charge in [0.25, 0.3) is 11.5 Å². The summed E-state index contributed by atoms with van der Waals surface area (Å²) in [7, 11) is 3.04. The van der Waals surface area contributed by atoms with Crippen molar-refractivity contribution in [3.05, 3.63) is 91.3 Å². The van der Waals surface area contributed by atoms with Crippen LogP contribution in [0, 0.1) is 13.8 Å². The fourth-order valence-electron chi connectivity index (χ4n) is 4.10. The first-order chi connectivity index (χ1) is 16.1. The number of nitrogens with zero attached hydrogens (tertiary/aromatic N) is 2. The maximum Gasteiger partial charge on any atom is 0.330 e. The van der Waals surface area contributed by atoms with Gasteiger partial charge in [-0.25, -0.2) is 9.59 Å². The number of carbonyl (C=O) groups excluding carboxylic acids is 1. The molecule has 3 rings (SSSR count). The summed E-state index contributed by atoms with van der Waals surface area (Å²) in [5.41, 5.74) is 3.63. The van der Waals surface area contributed by atoms with Crippen LogP contribution in [0.5, 0.6) is 0 Å². The van der Waals surface area contributed by atoms with E-state index in [2.05, 4.69) is 5.32 Å². The van der Waals surface area contributed by atoms with Gasteiger partial charge in [-0.05, 0) is 42.5 Å². The van der Waals surface area contributed by atoms with Crippen LogP contribution in [-0.2, 0) is 31.7 Å². The van der Waals surface area contributed by atoms with Gasteiger partial charge in [-0.2, -0.15) is 0 Å². The Hall–Kier alpha value is -3.94. The molecule has 2 N–H and O–H groups in total. The van der Waals surface area contributed by atoms with Gasteiger partial charge in [0.05, 0.1) is 5.56 Å². The highest BCUT2D eigenvalue weighted by Crippen LogP contribution is 2.20. The minimum atomic E-state index is -1.13. The average Bonchev–Trinajstić information content (AvgIpc) is 2.81. The maximum absolute atomic E-state index is 12.9. The lowest BCUT2D eigenvalue weighted by Crippen LogP contribution is -2.42. The standard InChI is InChI=1S/C26H29N3O5/c1-6-18-9-7-8-15(2)21(18)23(30)27-20(25(32)33)14-17-10-12-19(13-11-17)22-16(3)28(4)26(34)29(5)24(22)31/h7-13,20H,6,14H2,1-5H3,(H,27,30)(H,32,33). The molecule has 0 aliphatic carbocycles. The summed E-state index contributed by atoms with van der Waals surface area (Å²) < 4.78 is 2.47. The molecule has 8 nitrogen and oxygen atoms in total. The number of aromatic nitrogens is 2. The van der Waals surface area contributed by atoms with Gasteiger partial charge in [0.15, 0.2) is 0 Å². The highest BCUT2D eigenvalue weighted by Gasteiger charge is 2.23. The Morgan fingerprint density at radius 1 is 1.00 bits per heavy atom. The zero-order valence-electron chi connectivity index (χ0n) is 20.0. The monoisotopic (exact) mass is 463 g/mol. The third-order valence-corrected chi connectivity index (χ3v) is 6.21. The zero-order chi connectivity index (χ0) is 25.2. The summed E-state index contributed by atoms with van der Waals surface area (Å²) in [6, 6.07) is 11.4. The van der Waals surface area contributed by atoms with E-state index in [0.717, 1.165) is 15.7 Å². The number of aliphatic carboxylic acids is 1. The second kappa shape index (κ2) is 9.91. The van der Waals surface area contributed by atoms with E-state index in [9.17, 15) is 24.3 Å². The highest BCUT2D eigenvalue weighted by molar-refractivity contribution is 5.99. The van der Waals surface area contributed by atoms with Gasteiger partial charge >= 0.3 is 11.7 Å². The molecule has 1 unspecified atom stereocenters. The van der Waals surface area contributed by atoms with Crippen molar-refractivity contribution in [3.8, 4) is 11.1 Å². The van der Waals surface area contributed by atoms with Crippen LogP contribution in [0.3, 0.4) is 0 Å². The molecule has 34 heavy (non-hydrogen) atoms. The van der Waals surface area contributed by atoms with Crippen LogP contribution < -0.4 is 16.6 Å². The maximum atomic E-state index is 12.9. The van der Waals surface area contributed by atoms with Gasteiger partial charge in [-0.3, -0.25) is 14.2 Å². The molecular formula is C26H29N3O5. The normalized spacial score (nSPS) is 11.8. The first kappa shape index (κ1) is 24.7. The summed E-state index contributed by atoms with van der Waals surface area (Å²) in [5.74, 6) is -1.55. The van der Waals surface area contributed by atoms with Crippen molar-refractivity contribution < 1.29 is 14.7 Å². The predicted molar refractivity (Wildman–Crippen MR) is 130 cm³/mol. The lowest BCUT2D eigenvalue weighted by Gasteiger charge is -2.18. The molecule has 1 aromatic heterocycles. The number of hydrogen-bond donors (Lipinski definition) is 2. The predicted octanol–water partition coefficient (Wildman–Crippen LogP) is 2.36. The van der Waals surface area contributed by atoms with E-state index in [-0.39, 0.29) is 6.42 Å². The highest BCUT2D eigenvalue weighted by atomic mass is 16.4. The van der Waals surface area contributed by atoms with Crippen LogP contribution in [0.25, 0.3) is 11.1 Å². The Kier molecular flexibility index (Phi) is 7.20. The van der Waals surface area contributed by atoms with Crippen LogP contribution >= 0.6 is 0 Å². The van der Waals surface area contributed by atoms with Gasteiger partial charge in [-0.15, -0.1) is 0 Å². The summed E-state index contributed by atoms with van der Waals surface area (Å²) in [5, 5.41) is 12.4. The molecule has 0 spiro atoms. The number of benzene rings is 2. The summed E-state index contributed by atoms with van der Waals surface area (Å²) in [4.78, 5) is 49.6. The van der Waals surface area contributed by atoms with Crippen LogP contribution in [0.4, 0.5) is 0 Å². The van der Waals surface area contributed by atoms with Crippen molar-refractivity contribution in [2.45, 2.75) is 39.7 Å². The topological polar surface area (TPSA) is 110 Å². The largest absolute Gasteiger partial charge is 0.480 e. The van der Waals surface area contributed by atoms with E-state index in [1.807, 2.05) is 32.0 Å². The summed E-state index contributed by atoms with van der Waals surface area (Å²) in [6.45, 7) is 5.48. The third-order valence-electron chi connectivity index (χ3n) is 6.21. The number of carboxylic acids is 1. The molecule has 2 aromatic carbocycles. The molecule has 8 heteroatoms. The van der Waals surface area contributed by atoms with Crippen LogP contribution in [-0.4, -0.2) is 32.2 Å². The molecule has 0 radical (unpaired) electrons. The fraction of sp³-hybridized carbons (Fsp3) is 0.308. The number of carbonyl (C=O) groups is 2. The van der Waals surface area contributed by atoms with Gasteiger partial charge < -0.3 is 15.0 Å². The number of rotatable bonds is 7. The van der Waals surface area contributed by atoms with E-state index in [4.69, 9.17) is 0 Å². The Labute approximate surface area is 197 Å². The Bertz CT molecular complexity index is 1370. The third kappa shape index (κ3) is 4.71. The number of amides is 1. The smallest absolute Gasteiger partial charge is 0.330 e. The summed E-state index contributed by atoms with van der Waals surface area (Å²) >= 11 is 0. The number of nitrogens with one attached hydrogen (secondary N) is 1. The van der Waals surface area contributed by atoms with E-state index < -0.39 is 29.2 Å². The van der Waals surface area contributed by atoms with E-state index in [0.29, 0.717) is 34.4 Å². The van der Waals surface area contributed by atoms with Crippen molar-refractivity contribution in [2.75, 3.05) is 0 Å². The molecule has 3 aromatic rings. The molecule has 0 fully saturated rings. The average molecular weight is 464 g/mol. The van der Waals surface area contributed by atoms with Gasteiger partial charge in [0.2, 0.25) is 0 Å². The first-order valence-electron chi connectivity index (χ1n) is 11.0. The molecule has 178 valence electrons. The molecule has 1 atom stereocenters. The molecule has 0 saturated heterocycles. The van der Waals surface area contributed by atoms with E-state index >= 15 is 0 Å². The molecule has 1 heterocycles. The van der Waals surface area contributed by atoms with E-state index in [1.165, 1.54) is 11.6 Å². The number of carboxylic acid groups (broad SMARTS) is 1. The minimum absolute atomic E-state index is 0.0823. The zero-order valence-corrected chi connectivity index (χ0v) is 20.0. The quantitative estimate of drug-likeness (QED) is 0.559. The van der Waals surface area contributed by atoms with Crippen LogP contribution in [0.2, 0.25) is 0 Å². The Morgan fingerprint density at radius 2 is 1.65 bits per heavy atom. The van der Waals surface area contributed by atoms with E-state index in [1.54, 1.807) is 38.2 Å². The Morgan fingerprint density at radius 3 is 2.24 bits per heavy atom. The molecular weight excluding hydrogens is 434 g/mol. The molecule has 0 aliphatic rings. The molecule has 0 saturated carbocycles. The fourth-order valence-corrected chi connectivity index (χ4v) is 4.10. The van der Waals surface area contributed by atoms with Crippen LogP contribution in [0.15, 0.2) is 52.1 Å². The lowest BCUT2D eigenvalue weighted by atomic mass is 9.98. The molecule has 0 aliphatic heterocycles. The van der Waals surface area contributed by atoms with Gasteiger partial charge in [-0.1, -0.05) is 49.4 Å². The van der Waals surface area contributed by atoms with Crippen molar-refractivity contribution in [3.63, 3.8) is 0 Å². The molecule has 1 amide bonds. The molecule has 0 bridgehead atoms. The lowest BCUT2D eigenvalue weighted by molar-refractivity contribution is -0.139.